The van der Waals surface area contributed by atoms with E-state index in [4.69, 9.17) is 9.47 Å². The number of hydrogen-bond donors (Lipinski definition) is 5. The van der Waals surface area contributed by atoms with Gasteiger partial charge in [-0.05, 0) is 109 Å². The van der Waals surface area contributed by atoms with Gasteiger partial charge in [0.2, 0.25) is 65.0 Å². The van der Waals surface area contributed by atoms with E-state index < -0.39 is 162 Å². The van der Waals surface area contributed by atoms with Crippen molar-refractivity contribution >= 4 is 65.0 Å². The fourth-order valence-electron chi connectivity index (χ4n) is 12.4. The quantitative estimate of drug-likeness (QED) is 0.0815. The first-order valence-electron chi connectivity index (χ1n) is 34.6. The molecule has 0 aromatic carbocycles. The van der Waals surface area contributed by atoms with Crippen molar-refractivity contribution in [3.8, 4) is 0 Å². The van der Waals surface area contributed by atoms with Crippen LogP contribution in [0.1, 0.15) is 163 Å². The van der Waals surface area contributed by atoms with Gasteiger partial charge in [0.25, 0.3) is 0 Å². The molecule has 544 valence electrons. The van der Waals surface area contributed by atoms with Crippen LogP contribution in [-0.2, 0) is 62.2 Å². The highest BCUT2D eigenvalue weighted by Gasteiger charge is 2.46. The number of ether oxygens (including phenoxy) is 2. The minimum Gasteiger partial charge on any atom is -0.390 e. The average Bonchev–Trinajstić information content (AvgIpc) is 0.827. The van der Waals surface area contributed by atoms with E-state index in [9.17, 15) is 33.9 Å². The van der Waals surface area contributed by atoms with Gasteiger partial charge in [-0.2, -0.15) is 0 Å². The molecule has 0 aromatic rings. The minimum absolute atomic E-state index is 0.00425. The summed E-state index contributed by atoms with van der Waals surface area (Å²) >= 11 is 0. The van der Waals surface area contributed by atoms with Crippen LogP contribution in [0, 0.1) is 35.5 Å². The zero-order valence-corrected chi connectivity index (χ0v) is 62.0. The number of unbranched alkanes of at least 4 members (excludes halogenated alkanes) is 1. The van der Waals surface area contributed by atoms with Crippen molar-refractivity contribution in [2.75, 3.05) is 94.8 Å². The molecule has 2 heterocycles. The van der Waals surface area contributed by atoms with E-state index in [1.807, 2.05) is 41.5 Å². The van der Waals surface area contributed by atoms with Crippen LogP contribution in [0.4, 0.5) is 0 Å². The summed E-state index contributed by atoms with van der Waals surface area (Å²) in [7, 11) is 8.53. The molecule has 13 atom stereocenters. The predicted molar refractivity (Wildman–Crippen MR) is 366 cm³/mol. The van der Waals surface area contributed by atoms with Crippen LogP contribution < -0.4 is 21.3 Å². The van der Waals surface area contributed by atoms with E-state index in [1.54, 1.807) is 74.5 Å². The number of carbonyl (C=O) groups is 11. The standard InChI is InChI=1S/C69H124N12O14/c1-24-29-46(14)59(83)58-63(87)72-50(26-3)65(89)81(30-25-2)40-54(82)77(21)57(49(17)95-34-28-27-31-80-32-35-94-36-33-80)62(86)73-55(44(10)11)68(92)74(18)51(37-41(4)5)61(85)70-47(15)60(84)71-48(16)64(88)75(19)52(38-42(6)7)66(90)76(20)53(39-43(8)9)67(91)78(22)56(45(12)13)69(93)79(58)23/h24,29,41-53,55-59,83H,25-28,30-40H2,1-23H3,(H,70,85)(H,71,84)(H,72,87)(H,73,86)/b29-24+/t46-,47+,48-,49-,50+,51+,52+,53+,55+,56+,57?,58+,59-/m1/s1. The lowest BCUT2D eigenvalue weighted by Gasteiger charge is -2.41. The van der Waals surface area contributed by atoms with Crippen molar-refractivity contribution in [3.05, 3.63) is 12.2 Å². The molecule has 0 spiro atoms. The molecule has 11 amide bonds. The van der Waals surface area contributed by atoms with E-state index in [2.05, 4.69) is 26.2 Å². The number of carbonyl (C=O) groups excluding carboxylic acids is 11. The van der Waals surface area contributed by atoms with Gasteiger partial charge in [0.15, 0.2) is 0 Å². The number of nitrogens with zero attached hydrogens (tertiary/aromatic N) is 8. The normalized spacial score (nSPS) is 26.8. The van der Waals surface area contributed by atoms with Gasteiger partial charge < -0.3 is 70.1 Å². The Labute approximate surface area is 568 Å². The average molecular weight is 1350 g/mol. The molecule has 0 aliphatic carbocycles. The van der Waals surface area contributed by atoms with Crippen LogP contribution in [0.3, 0.4) is 0 Å². The molecule has 26 heteroatoms. The lowest BCUT2D eigenvalue weighted by molar-refractivity contribution is -0.157. The van der Waals surface area contributed by atoms with Crippen molar-refractivity contribution in [2.45, 2.75) is 235 Å². The highest BCUT2D eigenvalue weighted by atomic mass is 16.5. The number of aliphatic hydroxyl groups excluding tert-OH is 1. The summed E-state index contributed by atoms with van der Waals surface area (Å²) < 4.78 is 11.9. The number of nitrogens with one attached hydrogen (secondary N) is 4. The van der Waals surface area contributed by atoms with E-state index in [0.29, 0.717) is 26.1 Å². The maximum atomic E-state index is 15.3. The number of hydrogen-bond acceptors (Lipinski definition) is 15. The van der Waals surface area contributed by atoms with Crippen LogP contribution >= 0.6 is 0 Å². The smallest absolute Gasteiger partial charge is 0.246 e. The van der Waals surface area contributed by atoms with Gasteiger partial charge in [-0.25, -0.2) is 0 Å². The summed E-state index contributed by atoms with van der Waals surface area (Å²) in [6.45, 7) is 32.9. The van der Waals surface area contributed by atoms with Crippen molar-refractivity contribution in [1.82, 2.24) is 60.5 Å². The Morgan fingerprint density at radius 1 is 0.526 bits per heavy atom. The van der Waals surface area contributed by atoms with Crippen molar-refractivity contribution in [1.29, 1.82) is 0 Å². The molecule has 2 aliphatic heterocycles. The molecule has 0 saturated carbocycles. The number of allylic oxidation sites excluding steroid dienone is 1. The number of amides is 11. The Hall–Kier alpha value is -6.25. The van der Waals surface area contributed by atoms with Gasteiger partial charge in [0.1, 0.15) is 60.4 Å². The highest BCUT2D eigenvalue weighted by molar-refractivity contribution is 5.99. The molecule has 26 nitrogen and oxygen atoms in total. The van der Waals surface area contributed by atoms with Gasteiger partial charge in [-0.3, -0.25) is 57.6 Å². The van der Waals surface area contributed by atoms with Crippen LogP contribution in [0.25, 0.3) is 0 Å². The summed E-state index contributed by atoms with van der Waals surface area (Å²) in [4.78, 5) is 174. The van der Waals surface area contributed by atoms with E-state index in [1.165, 1.54) is 85.5 Å². The summed E-state index contributed by atoms with van der Waals surface area (Å²) in [6.07, 6.45) is 3.01. The van der Waals surface area contributed by atoms with Crippen molar-refractivity contribution in [3.63, 3.8) is 0 Å². The topological polar surface area (TPSA) is 300 Å². The Morgan fingerprint density at radius 2 is 1.02 bits per heavy atom. The third kappa shape index (κ3) is 24.7. The number of rotatable bonds is 21. The monoisotopic (exact) mass is 1340 g/mol. The molecule has 2 rings (SSSR count). The molecule has 2 aliphatic rings. The lowest BCUT2D eigenvalue weighted by Crippen LogP contribution is -2.63. The van der Waals surface area contributed by atoms with Crippen molar-refractivity contribution in [2.24, 2.45) is 35.5 Å². The second-order valence-electron chi connectivity index (χ2n) is 28.3. The zero-order valence-electron chi connectivity index (χ0n) is 62.0. The summed E-state index contributed by atoms with van der Waals surface area (Å²) in [6, 6.07) is -12.9. The second-order valence-corrected chi connectivity index (χ2v) is 28.3. The van der Waals surface area contributed by atoms with Gasteiger partial charge in [0, 0.05) is 74.4 Å². The van der Waals surface area contributed by atoms with E-state index >= 15 is 24.0 Å². The molecule has 0 bridgehead atoms. The van der Waals surface area contributed by atoms with Crippen LogP contribution in [0.15, 0.2) is 12.2 Å². The SMILES string of the molecule is C/C=C/[C@@H](C)[C@@H](O)[C@H]1C(=O)N[C@@H](CC)C(=O)N(CCC)CC(=O)N(C)C([C@@H](C)OCCCCN2CCOCC2)C(=O)N[C@@H](C(C)C)C(=O)N(C)[C@@H](CC(C)C)C(=O)N[C@@H](C)C(=O)N[C@H](C)C(=O)N(C)[C@@H](CC(C)C)C(=O)N(C)[C@@H](CC(C)C)C(=O)N(C)[C@@H](C(C)C)C(=O)N1C. The first-order chi connectivity index (χ1) is 44.3. The van der Waals surface area contributed by atoms with Crippen LogP contribution in [0.2, 0.25) is 0 Å². The van der Waals surface area contributed by atoms with E-state index in [0.717, 1.165) is 31.0 Å². The highest BCUT2D eigenvalue weighted by Crippen LogP contribution is 2.25. The third-order valence-corrected chi connectivity index (χ3v) is 18.2. The van der Waals surface area contributed by atoms with Crippen molar-refractivity contribution < 1.29 is 67.3 Å². The first-order valence-corrected chi connectivity index (χ1v) is 34.6. The molecule has 0 aromatic heterocycles. The van der Waals surface area contributed by atoms with E-state index in [-0.39, 0.29) is 56.6 Å². The van der Waals surface area contributed by atoms with Crippen LogP contribution in [-0.4, -0.2) is 277 Å². The fourth-order valence-corrected chi connectivity index (χ4v) is 12.4. The number of aliphatic hydroxyl groups is 1. The summed E-state index contributed by atoms with van der Waals surface area (Å²) in [5.41, 5.74) is 0. The van der Waals surface area contributed by atoms with Gasteiger partial charge in [-0.15, -0.1) is 0 Å². The Balaban J connectivity index is 3.02. The second kappa shape index (κ2) is 40.5. The zero-order chi connectivity index (χ0) is 72.6. The fraction of sp³-hybridized carbons (Fsp3) is 0.812. The molecule has 95 heavy (non-hydrogen) atoms. The lowest BCUT2D eigenvalue weighted by atomic mass is 9.93. The van der Waals surface area contributed by atoms with Crippen LogP contribution in [0.5, 0.6) is 0 Å². The predicted octanol–water partition coefficient (Wildman–Crippen LogP) is 3.13. The molecule has 0 radical (unpaired) electrons. The molecule has 2 fully saturated rings. The first kappa shape index (κ1) is 84.8. The Morgan fingerprint density at radius 3 is 1.53 bits per heavy atom. The van der Waals surface area contributed by atoms with Gasteiger partial charge in [-0.1, -0.05) is 102 Å². The maximum Gasteiger partial charge on any atom is 0.246 e. The van der Waals surface area contributed by atoms with Gasteiger partial charge >= 0.3 is 0 Å². The summed E-state index contributed by atoms with van der Waals surface area (Å²) in [5, 5.41) is 23.3. The molecular formula is C69H124N12O14. The number of likely N-dealkylation sites (N-methyl/N-ethyl adjacent to an activating group) is 6. The molecule has 2 saturated heterocycles. The molecular weight excluding hydrogens is 1220 g/mol. The maximum absolute atomic E-state index is 15.3. The molecule has 5 N–H and O–H groups in total. The van der Waals surface area contributed by atoms with Gasteiger partial charge in [0.05, 0.1) is 32.0 Å². The largest absolute Gasteiger partial charge is 0.390 e. The Bertz CT molecular complexity index is 2560. The molecule has 1 unspecified atom stereocenters. The Kier molecular flexibility index (Phi) is 36.1. The number of morpholine rings is 1. The minimum atomic E-state index is -1.65. The summed E-state index contributed by atoms with van der Waals surface area (Å²) in [5.74, 6) is -10.0. The third-order valence-electron chi connectivity index (χ3n) is 18.2.